The minimum absolute atomic E-state index is 0.0377. The fourth-order valence-corrected chi connectivity index (χ4v) is 3.97. The molecule has 17 heteroatoms. The summed E-state index contributed by atoms with van der Waals surface area (Å²) in [5, 5.41) is 10.3. The predicted octanol–water partition coefficient (Wildman–Crippen LogP) is 7.83. The van der Waals surface area contributed by atoms with E-state index in [4.69, 9.17) is 9.47 Å². The zero-order chi connectivity index (χ0) is 34.5. The Balaban J connectivity index is 1.91. The van der Waals surface area contributed by atoms with E-state index in [2.05, 4.69) is 14.7 Å². The molecular formula is C29H28F9N3O5. The number of carbonyl (C=O) groups is 1. The number of rotatable bonds is 11. The van der Waals surface area contributed by atoms with Crippen LogP contribution in [0.5, 0.6) is 17.2 Å². The lowest BCUT2D eigenvalue weighted by Gasteiger charge is -2.25. The fraction of sp³-hybridized carbons (Fsp3) is 0.414. The first-order valence-electron chi connectivity index (χ1n) is 13.4. The second-order valence-corrected chi connectivity index (χ2v) is 10.9. The van der Waals surface area contributed by atoms with Crippen molar-refractivity contribution < 1.29 is 63.6 Å². The Morgan fingerprint density at radius 3 is 1.93 bits per heavy atom. The summed E-state index contributed by atoms with van der Waals surface area (Å²) >= 11 is 0. The van der Waals surface area contributed by atoms with Gasteiger partial charge in [0.2, 0.25) is 5.95 Å². The Bertz CT molecular complexity index is 1450. The van der Waals surface area contributed by atoms with Crippen molar-refractivity contribution in [2.24, 2.45) is 0 Å². The molecule has 0 unspecified atom stereocenters. The van der Waals surface area contributed by atoms with Crippen LogP contribution < -0.4 is 14.4 Å². The van der Waals surface area contributed by atoms with E-state index < -0.39 is 71.6 Å². The number of halogens is 9. The maximum Gasteiger partial charge on any atom is 0.573 e. The number of phenols is 1. The summed E-state index contributed by atoms with van der Waals surface area (Å²) in [5.41, 5.74) is -4.57. The summed E-state index contributed by atoms with van der Waals surface area (Å²) < 4.78 is 134. The third-order valence-corrected chi connectivity index (χ3v) is 5.78. The smallest absolute Gasteiger partial charge is 0.508 e. The molecule has 8 nitrogen and oxygen atoms in total. The highest BCUT2D eigenvalue weighted by Gasteiger charge is 2.37. The van der Waals surface area contributed by atoms with Crippen LogP contribution in [0.4, 0.5) is 45.5 Å². The lowest BCUT2D eigenvalue weighted by molar-refractivity contribution is -0.274. The zero-order valence-corrected chi connectivity index (χ0v) is 24.5. The molecule has 1 N–H and O–H groups in total. The predicted molar refractivity (Wildman–Crippen MR) is 144 cm³/mol. The summed E-state index contributed by atoms with van der Waals surface area (Å²) in [6, 6.07) is 3.38. The minimum atomic E-state index is -5.14. The van der Waals surface area contributed by atoms with Gasteiger partial charge in [-0.3, -0.25) is 4.79 Å². The Kier molecular flexibility index (Phi) is 10.9. The molecule has 0 spiro atoms. The number of alkyl halides is 9. The van der Waals surface area contributed by atoms with Crippen LogP contribution in [0.1, 0.15) is 55.9 Å². The van der Waals surface area contributed by atoms with E-state index in [1.165, 1.54) is 0 Å². The van der Waals surface area contributed by atoms with E-state index in [0.717, 1.165) is 35.5 Å². The molecule has 252 valence electrons. The van der Waals surface area contributed by atoms with E-state index in [1.54, 1.807) is 20.8 Å². The molecule has 0 saturated heterocycles. The average molecular weight is 670 g/mol. The molecule has 0 aliphatic rings. The lowest BCUT2D eigenvalue weighted by atomic mass is 10.0. The molecule has 3 aromatic rings. The topological polar surface area (TPSA) is 94.0 Å². The first-order chi connectivity index (χ1) is 21.1. The number of aromatic nitrogens is 2. The van der Waals surface area contributed by atoms with Gasteiger partial charge in [-0.15, -0.1) is 13.2 Å². The summed E-state index contributed by atoms with van der Waals surface area (Å²) in [7, 11) is 0. The van der Waals surface area contributed by atoms with Crippen molar-refractivity contribution in [1.29, 1.82) is 0 Å². The van der Waals surface area contributed by atoms with E-state index in [1.807, 2.05) is 0 Å². The van der Waals surface area contributed by atoms with E-state index in [-0.39, 0.29) is 42.8 Å². The van der Waals surface area contributed by atoms with Crippen molar-refractivity contribution in [1.82, 2.24) is 9.97 Å². The number of ether oxygens (including phenoxy) is 3. The van der Waals surface area contributed by atoms with Crippen LogP contribution in [0.2, 0.25) is 0 Å². The number of benzene rings is 2. The van der Waals surface area contributed by atoms with Crippen LogP contribution >= 0.6 is 0 Å². The molecule has 0 bridgehead atoms. The highest BCUT2D eigenvalue weighted by Crippen LogP contribution is 2.37. The summed E-state index contributed by atoms with van der Waals surface area (Å²) in [5.74, 6) is -1.93. The van der Waals surface area contributed by atoms with E-state index in [9.17, 15) is 49.4 Å². The highest BCUT2D eigenvalue weighted by molar-refractivity contribution is 5.69. The molecule has 0 saturated carbocycles. The molecule has 0 aliphatic heterocycles. The number of nitrogens with zero attached hydrogens (tertiary/aromatic N) is 3. The molecule has 0 aliphatic carbocycles. The molecule has 1 aromatic heterocycles. The molecule has 1 heterocycles. The van der Waals surface area contributed by atoms with Crippen LogP contribution in [0.3, 0.4) is 0 Å². The second-order valence-electron chi connectivity index (χ2n) is 10.9. The van der Waals surface area contributed by atoms with E-state index in [0.29, 0.717) is 12.1 Å². The van der Waals surface area contributed by atoms with Gasteiger partial charge in [-0.05, 0) is 69.2 Å². The third-order valence-electron chi connectivity index (χ3n) is 5.78. The maximum absolute atomic E-state index is 13.5. The van der Waals surface area contributed by atoms with Gasteiger partial charge < -0.3 is 24.2 Å². The number of phenolic OH excluding ortho intramolecular Hbond substituents is 1. The largest absolute Gasteiger partial charge is 0.573 e. The molecular weight excluding hydrogens is 641 g/mol. The quantitative estimate of drug-likeness (QED) is 0.126. The molecule has 0 atom stereocenters. The Labute approximate surface area is 256 Å². The third kappa shape index (κ3) is 11.5. The molecule has 2 aromatic carbocycles. The van der Waals surface area contributed by atoms with Gasteiger partial charge in [0.1, 0.15) is 17.1 Å². The molecule has 0 radical (unpaired) electrons. The van der Waals surface area contributed by atoms with Crippen LogP contribution in [0.25, 0.3) is 0 Å². The number of hydrogen-bond donors (Lipinski definition) is 1. The standard InChI is InChI=1S/C29H28F9N3O5/c1-26(2,3)46-24(43)5-4-8-44-22-13-39-25(40-14-22)41(16-18-11-21(6-7-23(18)42)45-29(36,37)38)15-17-9-19(27(30,31)32)12-20(10-17)28(33,34)35/h6-7,9-14,42H,4-5,8,15-16H2,1-3H3. The number of aromatic hydroxyl groups is 1. The van der Waals surface area contributed by atoms with Gasteiger partial charge in [-0.2, -0.15) is 26.3 Å². The first kappa shape index (κ1) is 36.0. The van der Waals surface area contributed by atoms with Crippen molar-refractivity contribution in [2.75, 3.05) is 11.5 Å². The van der Waals surface area contributed by atoms with Crippen LogP contribution in [-0.2, 0) is 35.0 Å². The SMILES string of the molecule is CC(C)(C)OC(=O)CCCOc1cnc(N(Cc2cc(C(F)(F)F)cc(C(F)(F)F)c2)Cc2cc(OC(F)(F)F)ccc2O)nc1. The molecule has 3 rings (SSSR count). The van der Waals surface area contributed by atoms with E-state index >= 15 is 0 Å². The minimum Gasteiger partial charge on any atom is -0.508 e. The Hall–Kier alpha value is -4.44. The summed E-state index contributed by atoms with van der Waals surface area (Å²) in [6.07, 6.45) is -12.8. The van der Waals surface area contributed by atoms with Crippen molar-refractivity contribution >= 4 is 11.9 Å². The van der Waals surface area contributed by atoms with Crippen molar-refractivity contribution in [3.8, 4) is 17.2 Å². The molecule has 46 heavy (non-hydrogen) atoms. The summed E-state index contributed by atoms with van der Waals surface area (Å²) in [4.78, 5) is 21.0. The second kappa shape index (κ2) is 13.9. The molecule has 0 amide bonds. The van der Waals surface area contributed by atoms with Gasteiger partial charge in [-0.25, -0.2) is 9.97 Å². The maximum atomic E-state index is 13.5. The Morgan fingerprint density at radius 2 is 1.41 bits per heavy atom. The Morgan fingerprint density at radius 1 is 0.826 bits per heavy atom. The van der Waals surface area contributed by atoms with Gasteiger partial charge in [0, 0.05) is 25.1 Å². The van der Waals surface area contributed by atoms with Gasteiger partial charge in [0.15, 0.2) is 5.75 Å². The highest BCUT2D eigenvalue weighted by atomic mass is 19.4. The lowest BCUT2D eigenvalue weighted by Crippen LogP contribution is -2.25. The number of anilines is 1. The van der Waals surface area contributed by atoms with Crippen LogP contribution in [-0.4, -0.2) is 39.6 Å². The van der Waals surface area contributed by atoms with Crippen molar-refractivity contribution in [2.45, 2.75) is 71.0 Å². The van der Waals surface area contributed by atoms with Crippen molar-refractivity contribution in [3.63, 3.8) is 0 Å². The van der Waals surface area contributed by atoms with Gasteiger partial charge >= 0.3 is 24.7 Å². The molecule has 0 fully saturated rings. The fourth-order valence-electron chi connectivity index (χ4n) is 3.97. The van der Waals surface area contributed by atoms with Crippen molar-refractivity contribution in [3.05, 3.63) is 71.0 Å². The van der Waals surface area contributed by atoms with Crippen LogP contribution in [0, 0.1) is 0 Å². The monoisotopic (exact) mass is 669 g/mol. The number of esters is 1. The van der Waals surface area contributed by atoms with Gasteiger partial charge in [0.25, 0.3) is 0 Å². The summed E-state index contributed by atoms with van der Waals surface area (Å²) in [6.45, 7) is 3.89. The normalized spacial score (nSPS) is 12.5. The first-order valence-corrected chi connectivity index (χ1v) is 13.4. The number of hydrogen-bond acceptors (Lipinski definition) is 8. The van der Waals surface area contributed by atoms with Crippen LogP contribution in [0.15, 0.2) is 48.8 Å². The number of carbonyl (C=O) groups excluding carboxylic acids is 1. The van der Waals surface area contributed by atoms with Gasteiger partial charge in [-0.1, -0.05) is 0 Å². The average Bonchev–Trinajstić information content (AvgIpc) is 2.90. The van der Waals surface area contributed by atoms with Gasteiger partial charge in [0.05, 0.1) is 30.1 Å². The zero-order valence-electron chi connectivity index (χ0n) is 24.5.